The molecule has 0 aromatic heterocycles. The molecule has 19 heavy (non-hydrogen) atoms. The lowest BCUT2D eigenvalue weighted by molar-refractivity contribution is 0.0596. The lowest BCUT2D eigenvalue weighted by atomic mass is 10.2. The van der Waals surface area contributed by atoms with E-state index in [1.165, 1.54) is 31.6 Å². The molecule has 0 fully saturated rings. The van der Waals surface area contributed by atoms with Crippen molar-refractivity contribution in [1.29, 1.82) is 0 Å². The molecule has 1 aromatic rings. The van der Waals surface area contributed by atoms with E-state index >= 15 is 0 Å². The number of methoxy groups -OCH3 is 1. The van der Waals surface area contributed by atoms with Crippen molar-refractivity contribution in [3.63, 3.8) is 0 Å². The van der Waals surface area contributed by atoms with Gasteiger partial charge in [-0.25, -0.2) is 17.9 Å². The van der Waals surface area contributed by atoms with E-state index in [0.29, 0.717) is 0 Å². The highest BCUT2D eigenvalue weighted by Gasteiger charge is 2.22. The van der Waals surface area contributed by atoms with Gasteiger partial charge in [0, 0.05) is 29.4 Å². The van der Waals surface area contributed by atoms with Gasteiger partial charge in [-0.3, -0.25) is 4.21 Å². The zero-order chi connectivity index (χ0) is 14.5. The number of sulfonamides is 1. The van der Waals surface area contributed by atoms with E-state index in [0.717, 1.165) is 0 Å². The number of hydrogen-bond acceptors (Lipinski definition) is 5. The summed E-state index contributed by atoms with van der Waals surface area (Å²) in [6, 6.07) is 5.75. The maximum Gasteiger partial charge on any atom is 0.339 e. The molecule has 0 radical (unpaired) electrons. The first-order valence-electron chi connectivity index (χ1n) is 5.35. The fourth-order valence-corrected chi connectivity index (χ4v) is 3.12. The maximum atomic E-state index is 12.0. The van der Waals surface area contributed by atoms with Gasteiger partial charge in [-0.15, -0.1) is 0 Å². The summed E-state index contributed by atoms with van der Waals surface area (Å²) in [6.07, 6.45) is 1.48. The minimum Gasteiger partial charge on any atom is -0.465 e. The fourth-order valence-electron chi connectivity index (χ4n) is 1.38. The van der Waals surface area contributed by atoms with Gasteiger partial charge in [0.1, 0.15) is 0 Å². The lowest BCUT2D eigenvalue weighted by Gasteiger charge is -2.09. The zero-order valence-corrected chi connectivity index (χ0v) is 12.2. The van der Waals surface area contributed by atoms with E-state index in [1.54, 1.807) is 6.07 Å². The second-order valence-corrected chi connectivity index (χ2v) is 6.95. The van der Waals surface area contributed by atoms with Gasteiger partial charge in [-0.2, -0.15) is 0 Å². The number of benzene rings is 1. The van der Waals surface area contributed by atoms with E-state index in [9.17, 15) is 17.4 Å². The predicted octanol–water partition coefficient (Wildman–Crippen LogP) is 0.130. The molecule has 0 aliphatic heterocycles. The smallest absolute Gasteiger partial charge is 0.339 e. The van der Waals surface area contributed by atoms with E-state index in [-0.39, 0.29) is 22.8 Å². The van der Waals surface area contributed by atoms with Crippen molar-refractivity contribution in [1.82, 2.24) is 4.72 Å². The van der Waals surface area contributed by atoms with Gasteiger partial charge in [0.05, 0.1) is 17.6 Å². The summed E-state index contributed by atoms with van der Waals surface area (Å²) in [5, 5.41) is 0. The molecule has 1 N–H and O–H groups in total. The highest BCUT2D eigenvalue weighted by Crippen LogP contribution is 2.15. The van der Waals surface area contributed by atoms with Crippen molar-refractivity contribution in [3.8, 4) is 0 Å². The second-order valence-electron chi connectivity index (χ2n) is 3.66. The van der Waals surface area contributed by atoms with Crippen LogP contribution in [0.1, 0.15) is 10.4 Å². The molecule has 0 amide bonds. The molecular formula is C11H15NO5S2. The molecule has 0 aliphatic rings. The van der Waals surface area contributed by atoms with Gasteiger partial charge in [-0.1, -0.05) is 12.1 Å². The number of rotatable bonds is 6. The number of ether oxygens (including phenoxy) is 1. The topological polar surface area (TPSA) is 89.5 Å². The molecule has 0 aliphatic carbocycles. The fraction of sp³-hybridized carbons (Fsp3) is 0.364. The first kappa shape index (κ1) is 15.8. The van der Waals surface area contributed by atoms with Gasteiger partial charge < -0.3 is 4.74 Å². The summed E-state index contributed by atoms with van der Waals surface area (Å²) in [5.74, 6) is -0.514. The Kier molecular flexibility index (Phi) is 5.64. The SMILES string of the molecule is COC(=O)c1ccccc1S(=O)(=O)NCCS(C)=O. The summed E-state index contributed by atoms with van der Waals surface area (Å²) in [4.78, 5) is 11.4. The van der Waals surface area contributed by atoms with Crippen molar-refractivity contribution in [2.45, 2.75) is 4.90 Å². The Balaban J connectivity index is 3.01. The molecule has 8 heteroatoms. The van der Waals surface area contributed by atoms with Crippen LogP contribution in [-0.2, 0) is 25.6 Å². The standard InChI is InChI=1S/C11H15NO5S2/c1-17-11(13)9-5-3-4-6-10(9)19(15,16)12-7-8-18(2)14/h3-6,12H,7-8H2,1-2H3. The monoisotopic (exact) mass is 305 g/mol. The molecule has 0 heterocycles. The average molecular weight is 305 g/mol. The van der Waals surface area contributed by atoms with E-state index in [2.05, 4.69) is 9.46 Å². The van der Waals surface area contributed by atoms with Gasteiger partial charge in [-0.05, 0) is 12.1 Å². The molecule has 0 spiro atoms. The Bertz CT molecular complexity index is 583. The van der Waals surface area contributed by atoms with Crippen LogP contribution in [0.2, 0.25) is 0 Å². The molecule has 0 saturated heterocycles. The minimum atomic E-state index is -3.83. The van der Waals surface area contributed by atoms with Gasteiger partial charge in [0.15, 0.2) is 0 Å². The summed E-state index contributed by atoms with van der Waals surface area (Å²) in [6.45, 7) is 0.0426. The highest BCUT2D eigenvalue weighted by atomic mass is 32.2. The van der Waals surface area contributed by atoms with E-state index in [1.807, 2.05) is 0 Å². The number of carbonyl (C=O) groups is 1. The number of nitrogens with one attached hydrogen (secondary N) is 1. The normalized spacial score (nSPS) is 12.9. The summed E-state index contributed by atoms with van der Waals surface area (Å²) >= 11 is 0. The lowest BCUT2D eigenvalue weighted by Crippen LogP contribution is -2.29. The first-order valence-corrected chi connectivity index (χ1v) is 8.56. The van der Waals surface area contributed by atoms with Gasteiger partial charge in [0.2, 0.25) is 10.0 Å². The van der Waals surface area contributed by atoms with Crippen molar-refractivity contribution >= 4 is 26.8 Å². The molecule has 0 saturated carbocycles. The minimum absolute atomic E-state index is 0.0323. The quantitative estimate of drug-likeness (QED) is 0.755. The van der Waals surface area contributed by atoms with E-state index in [4.69, 9.17) is 0 Å². The van der Waals surface area contributed by atoms with Crippen LogP contribution < -0.4 is 4.72 Å². The molecule has 1 unspecified atom stereocenters. The largest absolute Gasteiger partial charge is 0.465 e. The van der Waals surface area contributed by atoms with Crippen LogP contribution in [0.15, 0.2) is 29.2 Å². The van der Waals surface area contributed by atoms with Gasteiger partial charge in [0.25, 0.3) is 0 Å². The van der Waals surface area contributed by atoms with Crippen LogP contribution in [0.3, 0.4) is 0 Å². The highest BCUT2D eigenvalue weighted by molar-refractivity contribution is 7.89. The summed E-state index contributed by atoms with van der Waals surface area (Å²) in [7, 11) is -3.74. The summed E-state index contributed by atoms with van der Waals surface area (Å²) < 4.78 is 41.8. The summed E-state index contributed by atoms with van der Waals surface area (Å²) in [5.41, 5.74) is -0.0323. The third-order valence-corrected chi connectivity index (χ3v) is 4.56. The Hall–Kier alpha value is -1.25. The predicted molar refractivity (Wildman–Crippen MR) is 71.9 cm³/mol. The molecule has 1 rings (SSSR count). The van der Waals surface area contributed by atoms with Crippen LogP contribution in [-0.4, -0.2) is 44.3 Å². The third kappa shape index (κ3) is 4.41. The molecule has 1 aromatic carbocycles. The van der Waals surface area contributed by atoms with Crippen molar-refractivity contribution in [2.75, 3.05) is 25.7 Å². The Morgan fingerprint density at radius 2 is 2.00 bits per heavy atom. The van der Waals surface area contributed by atoms with Crippen LogP contribution in [0.5, 0.6) is 0 Å². The number of carbonyl (C=O) groups excluding carboxylic acids is 1. The zero-order valence-electron chi connectivity index (χ0n) is 10.6. The van der Waals surface area contributed by atoms with Crippen LogP contribution >= 0.6 is 0 Å². The van der Waals surface area contributed by atoms with Crippen molar-refractivity contribution in [2.24, 2.45) is 0 Å². The van der Waals surface area contributed by atoms with Gasteiger partial charge >= 0.3 is 5.97 Å². The molecular weight excluding hydrogens is 290 g/mol. The Labute approximate surface area is 114 Å². The molecule has 106 valence electrons. The van der Waals surface area contributed by atoms with Crippen LogP contribution in [0, 0.1) is 0 Å². The Morgan fingerprint density at radius 3 is 2.58 bits per heavy atom. The van der Waals surface area contributed by atoms with Crippen LogP contribution in [0.4, 0.5) is 0 Å². The van der Waals surface area contributed by atoms with Crippen molar-refractivity contribution < 1.29 is 22.2 Å². The molecule has 6 nitrogen and oxygen atoms in total. The first-order chi connectivity index (χ1) is 8.88. The average Bonchev–Trinajstić information content (AvgIpc) is 2.37. The number of esters is 1. The number of hydrogen-bond donors (Lipinski definition) is 1. The second kappa shape index (κ2) is 6.78. The van der Waals surface area contributed by atoms with E-state index < -0.39 is 26.8 Å². The van der Waals surface area contributed by atoms with Crippen molar-refractivity contribution in [3.05, 3.63) is 29.8 Å². The van der Waals surface area contributed by atoms with Crippen LogP contribution in [0.25, 0.3) is 0 Å². The molecule has 1 atom stereocenters. The third-order valence-electron chi connectivity index (χ3n) is 2.26. The Morgan fingerprint density at radius 1 is 1.37 bits per heavy atom. The maximum absolute atomic E-state index is 12.0. The molecule has 0 bridgehead atoms.